The Labute approximate surface area is 149 Å². The highest BCUT2D eigenvalue weighted by Crippen LogP contribution is 2.39. The van der Waals surface area contributed by atoms with Crippen LogP contribution in [0.2, 0.25) is 0 Å². The topological polar surface area (TPSA) is 53.1 Å². The molecule has 0 saturated heterocycles. The Hall–Kier alpha value is -2.59. The van der Waals surface area contributed by atoms with E-state index in [0.717, 1.165) is 33.8 Å². The lowest BCUT2D eigenvalue weighted by molar-refractivity contribution is 0.478. The lowest BCUT2D eigenvalue weighted by Gasteiger charge is -2.11. The normalized spacial score (nSPS) is 11.4. The van der Waals surface area contributed by atoms with E-state index >= 15 is 0 Å². The third-order valence-corrected chi connectivity index (χ3v) is 5.55. The van der Waals surface area contributed by atoms with Crippen molar-refractivity contribution in [1.82, 2.24) is 4.98 Å². The maximum Gasteiger partial charge on any atom is 0.266 e. The fourth-order valence-corrected chi connectivity index (χ4v) is 4.14. The number of nitrogens with one attached hydrogen (secondary N) is 1. The first-order valence-electron chi connectivity index (χ1n) is 8.53. The van der Waals surface area contributed by atoms with Gasteiger partial charge in [-0.3, -0.25) is 4.79 Å². The molecule has 2 aromatic heterocycles. The molecule has 4 rings (SSSR count). The molecule has 0 bridgehead atoms. The van der Waals surface area contributed by atoms with E-state index in [-0.39, 0.29) is 11.3 Å². The van der Waals surface area contributed by atoms with Crippen molar-refractivity contribution in [3.63, 3.8) is 0 Å². The van der Waals surface area contributed by atoms with Crippen molar-refractivity contribution < 1.29 is 5.11 Å². The second-order valence-corrected chi connectivity index (χ2v) is 7.22. The Bertz CT molecular complexity index is 1110. The highest BCUT2D eigenvalue weighted by Gasteiger charge is 2.15. The second-order valence-electron chi connectivity index (χ2n) is 6.30. The summed E-state index contributed by atoms with van der Waals surface area (Å²) in [5, 5.41) is 14.3. The fourth-order valence-electron chi connectivity index (χ4n) is 3.35. The third kappa shape index (κ3) is 2.72. The minimum Gasteiger partial charge on any atom is -0.507 e. The predicted molar refractivity (Wildman–Crippen MR) is 106 cm³/mol. The number of pyridine rings is 1. The van der Waals surface area contributed by atoms with Gasteiger partial charge in [0.15, 0.2) is 0 Å². The van der Waals surface area contributed by atoms with E-state index in [1.807, 2.05) is 11.4 Å². The van der Waals surface area contributed by atoms with Gasteiger partial charge in [0.25, 0.3) is 5.56 Å². The van der Waals surface area contributed by atoms with E-state index in [0.29, 0.717) is 4.70 Å². The number of aryl methyl sites for hydroxylation is 1. The standard InChI is InChI=1S/C21H19NO2S/c1-2-3-4-13-5-7-14(8-6-13)18-17(23)10-9-16-19(18)15-11-12-25-20(15)21(24)22-16/h5-12,23H,2-4H2,1H3,(H,22,24). The summed E-state index contributed by atoms with van der Waals surface area (Å²) in [6, 6.07) is 13.7. The minimum atomic E-state index is -0.0796. The number of rotatable bonds is 4. The molecule has 0 aliphatic rings. The van der Waals surface area contributed by atoms with Crippen LogP contribution in [0.3, 0.4) is 0 Å². The van der Waals surface area contributed by atoms with Gasteiger partial charge in [-0.25, -0.2) is 0 Å². The Morgan fingerprint density at radius 1 is 1.08 bits per heavy atom. The van der Waals surface area contributed by atoms with Gasteiger partial charge in [0.1, 0.15) is 10.4 Å². The summed E-state index contributed by atoms with van der Waals surface area (Å²) in [7, 11) is 0. The number of H-pyrrole nitrogens is 1. The molecule has 2 aromatic carbocycles. The number of unbranched alkanes of at least 4 members (excludes halogenated alkanes) is 1. The molecule has 4 aromatic rings. The Morgan fingerprint density at radius 3 is 2.64 bits per heavy atom. The van der Waals surface area contributed by atoms with Crippen LogP contribution >= 0.6 is 11.3 Å². The molecule has 0 fully saturated rings. The zero-order chi connectivity index (χ0) is 17.4. The van der Waals surface area contributed by atoms with Crippen molar-refractivity contribution in [2.75, 3.05) is 0 Å². The van der Waals surface area contributed by atoms with Gasteiger partial charge in [-0.2, -0.15) is 0 Å². The summed E-state index contributed by atoms with van der Waals surface area (Å²) in [5.74, 6) is 0.230. The number of aromatic hydroxyl groups is 1. The van der Waals surface area contributed by atoms with Gasteiger partial charge < -0.3 is 10.1 Å². The molecule has 4 heteroatoms. The summed E-state index contributed by atoms with van der Waals surface area (Å²) in [5.41, 5.74) is 3.71. The van der Waals surface area contributed by atoms with E-state index in [4.69, 9.17) is 0 Å². The summed E-state index contributed by atoms with van der Waals surface area (Å²) in [6.45, 7) is 2.19. The van der Waals surface area contributed by atoms with E-state index in [1.165, 1.54) is 29.7 Å². The largest absolute Gasteiger partial charge is 0.507 e. The van der Waals surface area contributed by atoms with Crippen LogP contribution in [0, 0.1) is 0 Å². The maximum atomic E-state index is 12.2. The summed E-state index contributed by atoms with van der Waals surface area (Å²) in [4.78, 5) is 15.2. The van der Waals surface area contributed by atoms with Crippen molar-refractivity contribution in [2.45, 2.75) is 26.2 Å². The summed E-state index contributed by atoms with van der Waals surface area (Å²) in [6.07, 6.45) is 3.42. The van der Waals surface area contributed by atoms with Crippen LogP contribution in [0.5, 0.6) is 5.75 Å². The number of phenols is 1. The van der Waals surface area contributed by atoms with Crippen molar-refractivity contribution in [2.24, 2.45) is 0 Å². The minimum absolute atomic E-state index is 0.0796. The van der Waals surface area contributed by atoms with Crippen LogP contribution in [0.1, 0.15) is 25.3 Å². The summed E-state index contributed by atoms with van der Waals surface area (Å²) >= 11 is 1.42. The molecule has 0 saturated carbocycles. The van der Waals surface area contributed by atoms with Crippen LogP contribution in [-0.2, 0) is 6.42 Å². The number of hydrogen-bond acceptors (Lipinski definition) is 3. The van der Waals surface area contributed by atoms with Gasteiger partial charge in [-0.1, -0.05) is 37.6 Å². The molecule has 0 aliphatic heterocycles. The van der Waals surface area contributed by atoms with Crippen molar-refractivity contribution in [3.05, 3.63) is 63.8 Å². The molecule has 0 unspecified atom stereocenters. The third-order valence-electron chi connectivity index (χ3n) is 4.63. The van der Waals surface area contributed by atoms with Crippen LogP contribution in [0.25, 0.3) is 32.1 Å². The first kappa shape index (κ1) is 15.9. The predicted octanol–water partition coefficient (Wildman–Crippen LogP) is 5.46. The van der Waals surface area contributed by atoms with Crippen LogP contribution in [0.15, 0.2) is 52.6 Å². The highest BCUT2D eigenvalue weighted by atomic mass is 32.1. The lowest BCUT2D eigenvalue weighted by atomic mass is 9.96. The lowest BCUT2D eigenvalue weighted by Crippen LogP contribution is -2.04. The molecule has 2 heterocycles. The molecule has 0 atom stereocenters. The molecule has 126 valence electrons. The molecule has 0 spiro atoms. The van der Waals surface area contributed by atoms with Gasteiger partial charge in [0.2, 0.25) is 0 Å². The molecule has 25 heavy (non-hydrogen) atoms. The molecule has 0 amide bonds. The van der Waals surface area contributed by atoms with E-state index in [9.17, 15) is 9.90 Å². The highest BCUT2D eigenvalue weighted by molar-refractivity contribution is 7.17. The number of thiophene rings is 1. The van der Waals surface area contributed by atoms with Crippen LogP contribution in [0.4, 0.5) is 0 Å². The van der Waals surface area contributed by atoms with Crippen molar-refractivity contribution in [3.8, 4) is 16.9 Å². The van der Waals surface area contributed by atoms with E-state index in [1.54, 1.807) is 12.1 Å². The Morgan fingerprint density at radius 2 is 1.88 bits per heavy atom. The quantitative estimate of drug-likeness (QED) is 0.514. The maximum absolute atomic E-state index is 12.2. The smallest absolute Gasteiger partial charge is 0.266 e. The SMILES string of the molecule is CCCCc1ccc(-c2c(O)ccc3[nH]c(=O)c4sccc4c23)cc1. The van der Waals surface area contributed by atoms with Gasteiger partial charge in [-0.15, -0.1) is 11.3 Å². The summed E-state index contributed by atoms with van der Waals surface area (Å²) < 4.78 is 0.693. The molecular formula is C21H19NO2S. The van der Waals surface area contributed by atoms with Crippen molar-refractivity contribution >= 4 is 32.3 Å². The number of fused-ring (bicyclic) bond motifs is 3. The van der Waals surface area contributed by atoms with Crippen LogP contribution < -0.4 is 5.56 Å². The first-order valence-corrected chi connectivity index (χ1v) is 9.41. The van der Waals surface area contributed by atoms with E-state index < -0.39 is 0 Å². The fraction of sp³-hybridized carbons (Fsp3) is 0.190. The first-order chi connectivity index (χ1) is 12.2. The average molecular weight is 349 g/mol. The molecule has 2 N–H and O–H groups in total. The monoisotopic (exact) mass is 349 g/mol. The number of aromatic amines is 1. The van der Waals surface area contributed by atoms with Gasteiger partial charge in [0.05, 0.1) is 0 Å². The zero-order valence-corrected chi connectivity index (χ0v) is 14.8. The Balaban J connectivity index is 1.96. The Kier molecular flexibility index (Phi) is 4.06. The molecule has 3 nitrogen and oxygen atoms in total. The molecule has 0 radical (unpaired) electrons. The second kappa shape index (κ2) is 6.37. The number of hydrogen-bond donors (Lipinski definition) is 2. The number of benzene rings is 2. The zero-order valence-electron chi connectivity index (χ0n) is 14.0. The number of aromatic nitrogens is 1. The molecular weight excluding hydrogens is 330 g/mol. The van der Waals surface area contributed by atoms with Crippen LogP contribution in [-0.4, -0.2) is 10.1 Å². The van der Waals surface area contributed by atoms with Gasteiger partial charge in [-0.05, 0) is 47.5 Å². The number of phenolic OH excluding ortho intramolecular Hbond substituents is 1. The van der Waals surface area contributed by atoms with E-state index in [2.05, 4.69) is 36.2 Å². The molecule has 0 aliphatic carbocycles. The average Bonchev–Trinajstić information content (AvgIpc) is 3.12. The van der Waals surface area contributed by atoms with Gasteiger partial charge >= 0.3 is 0 Å². The van der Waals surface area contributed by atoms with Gasteiger partial charge in [0, 0.05) is 21.9 Å². The van der Waals surface area contributed by atoms with Crippen molar-refractivity contribution in [1.29, 1.82) is 0 Å².